The lowest BCUT2D eigenvalue weighted by atomic mass is 10.1. The second-order valence-electron chi connectivity index (χ2n) is 3.05. The standard InChI is InChI=1S/C8H10N2O3/c11-8(12)6-3-9-7(10-6)5-1-2-13-4-5/h3,5H,1-2,4H2,(H,9,10)(H,11,12). The first kappa shape index (κ1) is 8.25. The number of aromatic amines is 1. The van der Waals surface area contributed by atoms with Crippen molar-refractivity contribution in [1.82, 2.24) is 9.97 Å². The summed E-state index contributed by atoms with van der Waals surface area (Å²) in [6, 6.07) is 0. The number of hydrogen-bond donors (Lipinski definition) is 2. The highest BCUT2D eigenvalue weighted by molar-refractivity contribution is 5.85. The zero-order valence-electron chi connectivity index (χ0n) is 6.99. The van der Waals surface area contributed by atoms with Gasteiger partial charge in [0.25, 0.3) is 0 Å². The van der Waals surface area contributed by atoms with E-state index in [1.54, 1.807) is 0 Å². The van der Waals surface area contributed by atoms with E-state index in [0.29, 0.717) is 6.61 Å². The Morgan fingerprint density at radius 3 is 3.15 bits per heavy atom. The van der Waals surface area contributed by atoms with Crippen LogP contribution in [0.25, 0.3) is 0 Å². The van der Waals surface area contributed by atoms with Crippen molar-refractivity contribution in [3.63, 3.8) is 0 Å². The zero-order chi connectivity index (χ0) is 9.26. The van der Waals surface area contributed by atoms with Gasteiger partial charge >= 0.3 is 5.97 Å². The van der Waals surface area contributed by atoms with Crippen molar-refractivity contribution in [3.8, 4) is 0 Å². The van der Waals surface area contributed by atoms with Gasteiger partial charge in [0.05, 0.1) is 12.8 Å². The largest absolute Gasteiger partial charge is 0.477 e. The van der Waals surface area contributed by atoms with Crippen molar-refractivity contribution in [2.75, 3.05) is 13.2 Å². The van der Waals surface area contributed by atoms with Crippen molar-refractivity contribution in [3.05, 3.63) is 17.7 Å². The maximum Gasteiger partial charge on any atom is 0.353 e. The van der Waals surface area contributed by atoms with Gasteiger partial charge in [0.2, 0.25) is 0 Å². The molecule has 1 aromatic rings. The van der Waals surface area contributed by atoms with Crippen molar-refractivity contribution >= 4 is 5.97 Å². The lowest BCUT2D eigenvalue weighted by Crippen LogP contribution is -2.01. The van der Waals surface area contributed by atoms with Crippen molar-refractivity contribution in [1.29, 1.82) is 0 Å². The lowest BCUT2D eigenvalue weighted by Gasteiger charge is -2.00. The number of ether oxygens (including phenoxy) is 1. The molecule has 0 spiro atoms. The summed E-state index contributed by atoms with van der Waals surface area (Å²) in [4.78, 5) is 17.3. The number of nitrogens with one attached hydrogen (secondary N) is 1. The Balaban J connectivity index is 2.16. The number of aromatic nitrogens is 2. The quantitative estimate of drug-likeness (QED) is 0.702. The van der Waals surface area contributed by atoms with Crippen LogP contribution in [0.5, 0.6) is 0 Å². The zero-order valence-corrected chi connectivity index (χ0v) is 6.99. The van der Waals surface area contributed by atoms with Crippen LogP contribution in [0.1, 0.15) is 28.7 Å². The lowest BCUT2D eigenvalue weighted by molar-refractivity contribution is 0.0691. The molecule has 2 rings (SSSR count). The minimum atomic E-state index is -0.974. The van der Waals surface area contributed by atoms with Crippen LogP contribution < -0.4 is 0 Å². The monoisotopic (exact) mass is 182 g/mol. The smallest absolute Gasteiger partial charge is 0.353 e. The van der Waals surface area contributed by atoms with E-state index in [-0.39, 0.29) is 11.6 Å². The Labute approximate surface area is 74.7 Å². The third-order valence-electron chi connectivity index (χ3n) is 2.14. The van der Waals surface area contributed by atoms with E-state index < -0.39 is 5.97 Å². The van der Waals surface area contributed by atoms with E-state index in [1.807, 2.05) is 0 Å². The maximum atomic E-state index is 10.5. The topological polar surface area (TPSA) is 75.2 Å². The van der Waals surface area contributed by atoms with E-state index in [1.165, 1.54) is 6.20 Å². The van der Waals surface area contributed by atoms with Gasteiger partial charge in [-0.05, 0) is 6.42 Å². The van der Waals surface area contributed by atoms with Crippen LogP contribution in [0, 0.1) is 0 Å². The molecule has 1 aromatic heterocycles. The molecule has 1 fully saturated rings. The first-order valence-electron chi connectivity index (χ1n) is 4.13. The summed E-state index contributed by atoms with van der Waals surface area (Å²) in [5, 5.41) is 8.64. The van der Waals surface area contributed by atoms with E-state index in [2.05, 4.69) is 9.97 Å². The fourth-order valence-corrected chi connectivity index (χ4v) is 1.40. The normalized spacial score (nSPS) is 22.0. The third-order valence-corrected chi connectivity index (χ3v) is 2.14. The molecule has 13 heavy (non-hydrogen) atoms. The number of carboxylic acid groups (broad SMARTS) is 1. The van der Waals surface area contributed by atoms with Crippen LogP contribution >= 0.6 is 0 Å². The number of carbonyl (C=O) groups is 1. The van der Waals surface area contributed by atoms with Crippen LogP contribution in [0.4, 0.5) is 0 Å². The van der Waals surface area contributed by atoms with Gasteiger partial charge < -0.3 is 14.8 Å². The van der Waals surface area contributed by atoms with E-state index in [9.17, 15) is 4.79 Å². The second-order valence-corrected chi connectivity index (χ2v) is 3.05. The molecule has 0 aromatic carbocycles. The number of imidazole rings is 1. The average Bonchev–Trinajstić information content (AvgIpc) is 2.75. The van der Waals surface area contributed by atoms with Crippen LogP contribution in [-0.4, -0.2) is 34.3 Å². The molecule has 0 aliphatic carbocycles. The Kier molecular flexibility index (Phi) is 2.02. The molecule has 5 nitrogen and oxygen atoms in total. The average molecular weight is 182 g/mol. The SMILES string of the molecule is O=C(O)c1cnc(C2CCOC2)[nH]1. The summed E-state index contributed by atoms with van der Waals surface area (Å²) in [6.45, 7) is 1.36. The number of rotatable bonds is 2. The molecule has 5 heteroatoms. The molecular formula is C8H10N2O3. The molecule has 0 saturated carbocycles. The number of hydrogen-bond acceptors (Lipinski definition) is 3. The van der Waals surface area contributed by atoms with Gasteiger partial charge in [-0.1, -0.05) is 0 Å². The first-order valence-corrected chi connectivity index (χ1v) is 4.13. The second kappa shape index (κ2) is 3.18. The third kappa shape index (κ3) is 1.55. The van der Waals surface area contributed by atoms with Crippen molar-refractivity contribution < 1.29 is 14.6 Å². The Morgan fingerprint density at radius 1 is 1.77 bits per heavy atom. The molecule has 1 saturated heterocycles. The Bertz CT molecular complexity index is 315. The van der Waals surface area contributed by atoms with E-state index >= 15 is 0 Å². The Morgan fingerprint density at radius 2 is 2.62 bits per heavy atom. The summed E-state index contributed by atoms with van der Waals surface area (Å²) in [5.41, 5.74) is 0.141. The highest BCUT2D eigenvalue weighted by atomic mass is 16.5. The van der Waals surface area contributed by atoms with Gasteiger partial charge in [0, 0.05) is 12.5 Å². The molecule has 1 atom stereocenters. The molecule has 70 valence electrons. The molecule has 1 aliphatic rings. The van der Waals surface area contributed by atoms with E-state index in [4.69, 9.17) is 9.84 Å². The molecule has 0 amide bonds. The highest BCUT2D eigenvalue weighted by Crippen LogP contribution is 2.22. The molecule has 1 aliphatic heterocycles. The van der Waals surface area contributed by atoms with Crippen LogP contribution in [0.3, 0.4) is 0 Å². The number of H-pyrrole nitrogens is 1. The predicted octanol–water partition coefficient (Wildman–Crippen LogP) is 0.612. The van der Waals surface area contributed by atoms with E-state index in [0.717, 1.165) is 18.9 Å². The molecule has 0 bridgehead atoms. The van der Waals surface area contributed by atoms with Crippen LogP contribution in [0.2, 0.25) is 0 Å². The Hall–Kier alpha value is -1.36. The van der Waals surface area contributed by atoms with Crippen LogP contribution in [-0.2, 0) is 4.74 Å². The summed E-state index contributed by atoms with van der Waals surface area (Å²) >= 11 is 0. The van der Waals surface area contributed by atoms with Gasteiger partial charge in [0.15, 0.2) is 0 Å². The molecule has 2 N–H and O–H groups in total. The summed E-state index contributed by atoms with van der Waals surface area (Å²) in [7, 11) is 0. The minimum absolute atomic E-state index is 0.141. The fraction of sp³-hybridized carbons (Fsp3) is 0.500. The summed E-state index contributed by atoms with van der Waals surface area (Å²) in [5.74, 6) is -0.0272. The summed E-state index contributed by atoms with van der Waals surface area (Å²) < 4.78 is 5.17. The molecule has 1 unspecified atom stereocenters. The first-order chi connectivity index (χ1) is 6.27. The highest BCUT2D eigenvalue weighted by Gasteiger charge is 2.21. The maximum absolute atomic E-state index is 10.5. The van der Waals surface area contributed by atoms with Crippen LogP contribution in [0.15, 0.2) is 6.20 Å². The number of carboxylic acids is 1. The summed E-state index contributed by atoms with van der Waals surface area (Å²) in [6.07, 6.45) is 2.25. The van der Waals surface area contributed by atoms with Gasteiger partial charge in [-0.25, -0.2) is 9.78 Å². The number of aromatic carboxylic acids is 1. The van der Waals surface area contributed by atoms with Gasteiger partial charge in [-0.15, -0.1) is 0 Å². The predicted molar refractivity (Wildman–Crippen MR) is 43.7 cm³/mol. The van der Waals surface area contributed by atoms with Gasteiger partial charge in [-0.3, -0.25) is 0 Å². The fourth-order valence-electron chi connectivity index (χ4n) is 1.40. The molecule has 0 radical (unpaired) electrons. The molecule has 2 heterocycles. The molecular weight excluding hydrogens is 172 g/mol. The van der Waals surface area contributed by atoms with Crippen molar-refractivity contribution in [2.24, 2.45) is 0 Å². The van der Waals surface area contributed by atoms with Gasteiger partial charge in [-0.2, -0.15) is 0 Å². The van der Waals surface area contributed by atoms with Gasteiger partial charge in [0.1, 0.15) is 11.5 Å². The minimum Gasteiger partial charge on any atom is -0.477 e. The van der Waals surface area contributed by atoms with Crippen molar-refractivity contribution in [2.45, 2.75) is 12.3 Å². The number of nitrogens with zero attached hydrogens (tertiary/aromatic N) is 1.